The molecule has 1 nitrogen and oxygen atoms in total. The maximum Gasteiger partial charge on any atom is 0.0390 e. The molecule has 1 saturated heterocycles. The minimum Gasteiger partial charge on any atom is -0.310 e. The summed E-state index contributed by atoms with van der Waals surface area (Å²) in [6, 6.07) is 9.58. The minimum absolute atomic E-state index is 0.528. The Kier molecular flexibility index (Phi) is 5.61. The molecule has 2 heterocycles. The number of nitrogens with one attached hydrogen (secondary N) is 1. The predicted molar refractivity (Wildman–Crippen MR) is 97.5 cm³/mol. The van der Waals surface area contributed by atoms with Gasteiger partial charge in [0.25, 0.3) is 0 Å². The van der Waals surface area contributed by atoms with Crippen LogP contribution in [-0.2, 0) is 0 Å². The molecule has 1 N–H and O–H groups in total. The van der Waals surface area contributed by atoms with Crippen LogP contribution >= 0.6 is 23.1 Å². The van der Waals surface area contributed by atoms with Crippen LogP contribution in [0.5, 0.6) is 0 Å². The molecule has 2 aromatic rings. The molecule has 0 saturated carbocycles. The van der Waals surface area contributed by atoms with Crippen molar-refractivity contribution < 1.29 is 0 Å². The SMILES string of the molecule is CCCNC(CC1CCSCC1)c1cccc2ccsc12. The van der Waals surface area contributed by atoms with Crippen molar-refractivity contribution in [1.82, 2.24) is 5.32 Å². The summed E-state index contributed by atoms with van der Waals surface area (Å²) in [5.41, 5.74) is 1.52. The van der Waals surface area contributed by atoms with Crippen molar-refractivity contribution in [2.75, 3.05) is 18.1 Å². The molecule has 21 heavy (non-hydrogen) atoms. The van der Waals surface area contributed by atoms with Crippen LogP contribution in [0.2, 0.25) is 0 Å². The Bertz CT molecular complexity index is 557. The summed E-state index contributed by atoms with van der Waals surface area (Å²) in [5.74, 6) is 3.61. The molecular weight excluding hydrogens is 294 g/mol. The summed E-state index contributed by atoms with van der Waals surface area (Å²) in [6.45, 7) is 3.38. The van der Waals surface area contributed by atoms with Gasteiger partial charge in [-0.3, -0.25) is 0 Å². The number of hydrogen-bond acceptors (Lipinski definition) is 3. The molecule has 114 valence electrons. The Hall–Kier alpha value is -0.510. The lowest BCUT2D eigenvalue weighted by Crippen LogP contribution is -2.26. The van der Waals surface area contributed by atoms with E-state index in [0.717, 1.165) is 12.5 Å². The van der Waals surface area contributed by atoms with Crippen molar-refractivity contribution in [1.29, 1.82) is 0 Å². The Labute approximate surface area is 136 Å². The maximum atomic E-state index is 3.81. The lowest BCUT2D eigenvalue weighted by atomic mass is 9.90. The number of rotatable bonds is 6. The van der Waals surface area contributed by atoms with Crippen molar-refractivity contribution in [3.05, 3.63) is 35.2 Å². The lowest BCUT2D eigenvalue weighted by Gasteiger charge is -2.27. The first-order chi connectivity index (χ1) is 10.4. The molecule has 0 spiro atoms. The highest BCUT2D eigenvalue weighted by Crippen LogP contribution is 2.35. The van der Waals surface area contributed by atoms with Crippen LogP contribution in [0.3, 0.4) is 0 Å². The van der Waals surface area contributed by atoms with Gasteiger partial charge in [-0.05, 0) is 72.0 Å². The topological polar surface area (TPSA) is 12.0 Å². The average Bonchev–Trinajstić information content (AvgIpc) is 3.01. The first-order valence-electron chi connectivity index (χ1n) is 8.15. The summed E-state index contributed by atoms with van der Waals surface area (Å²) in [5, 5.41) is 7.44. The largest absolute Gasteiger partial charge is 0.310 e. The van der Waals surface area contributed by atoms with Crippen molar-refractivity contribution in [2.24, 2.45) is 5.92 Å². The highest BCUT2D eigenvalue weighted by molar-refractivity contribution is 7.99. The minimum atomic E-state index is 0.528. The van der Waals surface area contributed by atoms with E-state index in [4.69, 9.17) is 0 Å². The standard InChI is InChI=1S/C18H25NS2/c1-2-9-19-17(13-14-6-10-20-11-7-14)16-5-3-4-15-8-12-21-18(15)16/h3-5,8,12,14,17,19H,2,6-7,9-11,13H2,1H3. The molecule has 1 aliphatic rings. The zero-order chi connectivity index (χ0) is 14.5. The van der Waals surface area contributed by atoms with Gasteiger partial charge in [0.05, 0.1) is 0 Å². The molecule has 0 aliphatic carbocycles. The van der Waals surface area contributed by atoms with Crippen LogP contribution in [0, 0.1) is 5.92 Å². The zero-order valence-corrected chi connectivity index (χ0v) is 14.4. The smallest absolute Gasteiger partial charge is 0.0390 e. The van der Waals surface area contributed by atoms with Crippen LogP contribution in [-0.4, -0.2) is 18.1 Å². The number of thioether (sulfide) groups is 1. The highest BCUT2D eigenvalue weighted by Gasteiger charge is 2.21. The van der Waals surface area contributed by atoms with Gasteiger partial charge in [0.2, 0.25) is 0 Å². The normalized spacial score (nSPS) is 18.1. The van der Waals surface area contributed by atoms with E-state index in [1.54, 1.807) is 0 Å². The molecule has 1 atom stereocenters. The van der Waals surface area contributed by atoms with Gasteiger partial charge in [0, 0.05) is 10.7 Å². The van der Waals surface area contributed by atoms with Crippen molar-refractivity contribution in [3.8, 4) is 0 Å². The van der Waals surface area contributed by atoms with Gasteiger partial charge in [-0.2, -0.15) is 11.8 Å². The first-order valence-corrected chi connectivity index (χ1v) is 10.2. The van der Waals surface area contributed by atoms with Crippen molar-refractivity contribution in [3.63, 3.8) is 0 Å². The van der Waals surface area contributed by atoms with Gasteiger partial charge < -0.3 is 5.32 Å². The van der Waals surface area contributed by atoms with Crippen molar-refractivity contribution >= 4 is 33.2 Å². The molecule has 1 aromatic heterocycles. The highest BCUT2D eigenvalue weighted by atomic mass is 32.2. The van der Waals surface area contributed by atoms with Gasteiger partial charge in [-0.15, -0.1) is 11.3 Å². The molecule has 1 aliphatic heterocycles. The van der Waals surface area contributed by atoms with Gasteiger partial charge in [0.15, 0.2) is 0 Å². The lowest BCUT2D eigenvalue weighted by molar-refractivity contribution is 0.372. The molecule has 1 aromatic carbocycles. The van der Waals surface area contributed by atoms with E-state index in [9.17, 15) is 0 Å². The fourth-order valence-electron chi connectivity index (χ4n) is 3.24. The molecule has 0 amide bonds. The van der Waals surface area contributed by atoms with Crippen LogP contribution in [0.25, 0.3) is 10.1 Å². The third kappa shape index (κ3) is 3.82. The summed E-state index contributed by atoms with van der Waals surface area (Å²) in [4.78, 5) is 0. The first kappa shape index (κ1) is 15.4. The van der Waals surface area contributed by atoms with E-state index >= 15 is 0 Å². The molecule has 3 heteroatoms. The fraction of sp³-hybridized carbons (Fsp3) is 0.556. The van der Waals surface area contributed by atoms with Gasteiger partial charge in [0.1, 0.15) is 0 Å². The second-order valence-electron chi connectivity index (χ2n) is 5.98. The van der Waals surface area contributed by atoms with Gasteiger partial charge in [-0.1, -0.05) is 25.1 Å². The Morgan fingerprint density at radius 2 is 2.10 bits per heavy atom. The van der Waals surface area contributed by atoms with E-state index in [2.05, 4.69) is 53.6 Å². The van der Waals surface area contributed by atoms with Crippen LogP contribution in [0.4, 0.5) is 0 Å². The van der Waals surface area contributed by atoms with E-state index in [1.165, 1.54) is 52.8 Å². The Balaban J connectivity index is 1.81. The van der Waals surface area contributed by atoms with Gasteiger partial charge >= 0.3 is 0 Å². The zero-order valence-electron chi connectivity index (χ0n) is 12.8. The molecule has 0 bridgehead atoms. The van der Waals surface area contributed by atoms with E-state index in [1.807, 2.05) is 11.3 Å². The third-order valence-corrected chi connectivity index (χ3v) is 6.46. The summed E-state index contributed by atoms with van der Waals surface area (Å²) in [7, 11) is 0. The van der Waals surface area contributed by atoms with Crippen LogP contribution in [0.1, 0.15) is 44.2 Å². The second-order valence-corrected chi connectivity index (χ2v) is 8.13. The number of hydrogen-bond donors (Lipinski definition) is 1. The Morgan fingerprint density at radius 1 is 1.24 bits per heavy atom. The number of benzene rings is 1. The quantitative estimate of drug-likeness (QED) is 0.757. The average molecular weight is 320 g/mol. The summed E-state index contributed by atoms with van der Waals surface area (Å²) in [6.07, 6.45) is 5.31. The van der Waals surface area contributed by atoms with Crippen LogP contribution in [0.15, 0.2) is 29.6 Å². The fourth-order valence-corrected chi connectivity index (χ4v) is 5.42. The predicted octanol–water partition coefficient (Wildman–Crippen LogP) is 5.48. The van der Waals surface area contributed by atoms with Crippen molar-refractivity contribution in [2.45, 2.75) is 38.6 Å². The summed E-state index contributed by atoms with van der Waals surface area (Å²) >= 11 is 4.02. The monoisotopic (exact) mass is 319 g/mol. The van der Waals surface area contributed by atoms with Crippen LogP contribution < -0.4 is 5.32 Å². The Morgan fingerprint density at radius 3 is 2.90 bits per heavy atom. The molecule has 0 radical (unpaired) electrons. The van der Waals surface area contributed by atoms with Gasteiger partial charge in [-0.25, -0.2) is 0 Å². The van der Waals surface area contributed by atoms with E-state index < -0.39 is 0 Å². The number of thiophene rings is 1. The molecule has 1 unspecified atom stereocenters. The second kappa shape index (κ2) is 7.66. The third-order valence-electron chi connectivity index (χ3n) is 4.44. The maximum absolute atomic E-state index is 3.81. The summed E-state index contributed by atoms with van der Waals surface area (Å²) < 4.78 is 1.48. The number of fused-ring (bicyclic) bond motifs is 1. The van der Waals surface area contributed by atoms with E-state index in [0.29, 0.717) is 6.04 Å². The molecule has 3 rings (SSSR count). The molecule has 1 fully saturated rings. The van der Waals surface area contributed by atoms with E-state index in [-0.39, 0.29) is 0 Å². The molecular formula is C18H25NS2.